The van der Waals surface area contributed by atoms with Crippen molar-refractivity contribution >= 4 is 5.91 Å². The Morgan fingerprint density at radius 3 is 1.29 bits per heavy atom. The number of carbonyl (C=O) groups is 1. The maximum absolute atomic E-state index is 13.2. The van der Waals surface area contributed by atoms with Crippen molar-refractivity contribution in [2.75, 3.05) is 26.4 Å². The first kappa shape index (κ1) is 67.5. The second kappa shape index (κ2) is 40.4. The third-order valence-corrected chi connectivity index (χ3v) is 14.7. The molecule has 0 bridgehead atoms. The number of aliphatic hydroxyl groups excluding tert-OH is 11. The fourth-order valence-electron chi connectivity index (χ4n) is 9.89. The highest BCUT2D eigenvalue weighted by Gasteiger charge is 2.53. The van der Waals surface area contributed by atoms with Gasteiger partial charge in [0.05, 0.1) is 38.6 Å². The van der Waals surface area contributed by atoms with E-state index in [9.17, 15) is 61.0 Å². The Bertz CT molecular complexity index is 1480. The summed E-state index contributed by atoms with van der Waals surface area (Å²) in [5.74, 6) is -0.281. The zero-order valence-electron chi connectivity index (χ0n) is 45.5. The molecule has 12 N–H and O–H groups in total. The summed E-state index contributed by atoms with van der Waals surface area (Å²) < 4.78 is 34.1. The van der Waals surface area contributed by atoms with Crippen LogP contribution in [0.4, 0.5) is 0 Å². The number of unbranched alkanes of at least 4 members (excludes halogenated alkanes) is 24. The molecule has 1 amide bonds. The molecule has 0 saturated carbocycles. The summed E-state index contributed by atoms with van der Waals surface area (Å²) in [7, 11) is 0. The van der Waals surface area contributed by atoms with E-state index < -0.39 is 124 Å². The molecule has 3 rings (SSSR count). The molecule has 3 aliphatic rings. The Labute approximate surface area is 448 Å². The van der Waals surface area contributed by atoms with Gasteiger partial charge in [0.15, 0.2) is 18.9 Å². The van der Waals surface area contributed by atoms with Gasteiger partial charge in [0, 0.05) is 6.42 Å². The molecular weight excluding hydrogens is 975 g/mol. The van der Waals surface area contributed by atoms with Crippen molar-refractivity contribution in [2.45, 2.75) is 298 Å². The van der Waals surface area contributed by atoms with Gasteiger partial charge in [0.25, 0.3) is 0 Å². The van der Waals surface area contributed by atoms with E-state index in [-0.39, 0.29) is 18.9 Å². The summed E-state index contributed by atoms with van der Waals surface area (Å²) in [6, 6.07) is -0.967. The Balaban J connectivity index is 1.42. The third-order valence-electron chi connectivity index (χ3n) is 14.7. The maximum atomic E-state index is 13.2. The summed E-state index contributed by atoms with van der Waals surface area (Å²) >= 11 is 0. The molecule has 0 spiro atoms. The van der Waals surface area contributed by atoms with Gasteiger partial charge in [-0.15, -0.1) is 0 Å². The van der Waals surface area contributed by atoms with Gasteiger partial charge < -0.3 is 89.9 Å². The standard InChI is InChI=1S/C56H103NO18/c1-3-5-7-9-11-12-13-14-15-16-17-18-19-20-21-22-23-24-25-26-28-30-32-34-44(62)57-39(40(61)33-31-29-27-10-8-6-4-2)38-70-54-50(68)47(65)52(42(36-59)72-54)75-56-51(69)48(66)53(43(37-60)73-56)74-55-49(67)46(64)45(63)41(35-58)71-55/h16-17,31,33,39-43,45-56,58-61,63-69H,3-15,18-30,32,34-38H2,1-2H3,(H,57,62)/b17-16-,33-31+. The second-order valence-electron chi connectivity index (χ2n) is 21.1. The van der Waals surface area contributed by atoms with Gasteiger partial charge in [-0.3, -0.25) is 4.79 Å². The molecule has 19 nitrogen and oxygen atoms in total. The lowest BCUT2D eigenvalue weighted by molar-refractivity contribution is -0.379. The number of aliphatic hydroxyl groups is 11. The molecule has 0 aromatic rings. The first-order chi connectivity index (χ1) is 36.3. The van der Waals surface area contributed by atoms with Crippen molar-refractivity contribution in [1.82, 2.24) is 5.32 Å². The van der Waals surface area contributed by atoms with E-state index in [0.717, 1.165) is 57.8 Å². The van der Waals surface area contributed by atoms with Crippen LogP contribution in [0.15, 0.2) is 24.3 Å². The lowest BCUT2D eigenvalue weighted by atomic mass is 9.96. The molecule has 0 aliphatic carbocycles. The van der Waals surface area contributed by atoms with Crippen LogP contribution in [0, 0.1) is 0 Å². The van der Waals surface area contributed by atoms with Gasteiger partial charge in [0.2, 0.25) is 5.91 Å². The van der Waals surface area contributed by atoms with Crippen LogP contribution in [0.5, 0.6) is 0 Å². The van der Waals surface area contributed by atoms with Gasteiger partial charge in [-0.2, -0.15) is 0 Å². The minimum Gasteiger partial charge on any atom is -0.394 e. The predicted molar refractivity (Wildman–Crippen MR) is 282 cm³/mol. The van der Waals surface area contributed by atoms with Crippen LogP contribution < -0.4 is 5.32 Å². The van der Waals surface area contributed by atoms with Crippen LogP contribution in [-0.2, 0) is 33.2 Å². The average molecular weight is 1080 g/mol. The average Bonchev–Trinajstić information content (AvgIpc) is 3.41. The van der Waals surface area contributed by atoms with E-state index in [4.69, 9.17) is 28.4 Å². The molecule has 3 heterocycles. The molecule has 3 saturated heterocycles. The van der Waals surface area contributed by atoms with Gasteiger partial charge in [-0.25, -0.2) is 0 Å². The van der Waals surface area contributed by atoms with Gasteiger partial charge in [-0.1, -0.05) is 167 Å². The van der Waals surface area contributed by atoms with Crippen LogP contribution >= 0.6 is 0 Å². The topological polar surface area (TPSA) is 307 Å². The molecule has 3 aliphatic heterocycles. The smallest absolute Gasteiger partial charge is 0.220 e. The van der Waals surface area contributed by atoms with Crippen molar-refractivity contribution in [3.8, 4) is 0 Å². The molecule has 440 valence electrons. The van der Waals surface area contributed by atoms with E-state index in [0.29, 0.717) is 6.42 Å². The molecule has 0 aromatic heterocycles. The molecule has 0 aromatic carbocycles. The van der Waals surface area contributed by atoms with Crippen molar-refractivity contribution in [1.29, 1.82) is 0 Å². The Morgan fingerprint density at radius 2 is 0.840 bits per heavy atom. The number of nitrogens with one attached hydrogen (secondary N) is 1. The van der Waals surface area contributed by atoms with Crippen LogP contribution in [0.1, 0.15) is 194 Å². The fourth-order valence-corrected chi connectivity index (χ4v) is 9.89. The predicted octanol–water partition coefficient (Wildman–Crippen LogP) is 4.37. The van der Waals surface area contributed by atoms with Gasteiger partial charge >= 0.3 is 0 Å². The summed E-state index contributed by atoms with van der Waals surface area (Å²) in [5, 5.41) is 120. The minimum atomic E-state index is -1.97. The van der Waals surface area contributed by atoms with Crippen molar-refractivity contribution in [3.63, 3.8) is 0 Å². The Kier molecular flexibility index (Phi) is 36.4. The van der Waals surface area contributed by atoms with E-state index >= 15 is 0 Å². The Morgan fingerprint density at radius 1 is 0.467 bits per heavy atom. The number of carbonyl (C=O) groups excluding carboxylic acids is 1. The quantitative estimate of drug-likeness (QED) is 0.0298. The summed E-state index contributed by atoms with van der Waals surface area (Å²) in [6.07, 6.45) is 13.6. The lowest BCUT2D eigenvalue weighted by Crippen LogP contribution is -2.66. The number of ether oxygens (including phenoxy) is 6. The first-order valence-corrected chi connectivity index (χ1v) is 29.1. The number of allylic oxidation sites excluding steroid dienone is 3. The summed E-state index contributed by atoms with van der Waals surface area (Å²) in [4.78, 5) is 13.2. The fraction of sp³-hybridized carbons (Fsp3) is 0.911. The SMILES string of the molecule is CCCCCCC/C=C/C(O)C(COC1OC(CO)C(OC2OC(CO)C(OC3OC(CO)C(O)C(O)C3O)C(O)C2O)C(O)C1O)NC(=O)CCCCCCCCCCCCC/C=C\CCCCCCCCCC. The normalized spacial score (nSPS) is 31.3. The molecular formula is C56H103NO18. The highest BCUT2D eigenvalue weighted by molar-refractivity contribution is 5.76. The number of hydrogen-bond donors (Lipinski definition) is 12. The molecule has 75 heavy (non-hydrogen) atoms. The largest absolute Gasteiger partial charge is 0.394 e. The molecule has 0 radical (unpaired) electrons. The lowest BCUT2D eigenvalue weighted by Gasteiger charge is -2.48. The van der Waals surface area contributed by atoms with E-state index in [1.165, 1.54) is 109 Å². The van der Waals surface area contributed by atoms with E-state index in [1.54, 1.807) is 6.08 Å². The number of hydrogen-bond acceptors (Lipinski definition) is 18. The number of amides is 1. The Hall–Kier alpha value is -1.73. The van der Waals surface area contributed by atoms with Crippen molar-refractivity contribution < 1.29 is 89.4 Å². The van der Waals surface area contributed by atoms with Crippen molar-refractivity contribution in [3.05, 3.63) is 24.3 Å². The van der Waals surface area contributed by atoms with Crippen LogP contribution in [0.3, 0.4) is 0 Å². The number of rotatable bonds is 42. The summed E-state index contributed by atoms with van der Waals surface area (Å²) in [5.41, 5.74) is 0. The zero-order chi connectivity index (χ0) is 54.8. The molecule has 17 atom stereocenters. The minimum absolute atomic E-state index is 0.243. The highest BCUT2D eigenvalue weighted by Crippen LogP contribution is 2.33. The van der Waals surface area contributed by atoms with Crippen molar-refractivity contribution in [2.24, 2.45) is 0 Å². The van der Waals surface area contributed by atoms with Gasteiger partial charge in [0.1, 0.15) is 73.2 Å². The van der Waals surface area contributed by atoms with E-state index in [1.807, 2.05) is 6.08 Å². The van der Waals surface area contributed by atoms with E-state index in [2.05, 4.69) is 31.3 Å². The van der Waals surface area contributed by atoms with Crippen LogP contribution in [0.25, 0.3) is 0 Å². The zero-order valence-corrected chi connectivity index (χ0v) is 45.5. The van der Waals surface area contributed by atoms with Gasteiger partial charge in [-0.05, 0) is 44.9 Å². The molecule has 19 heteroatoms. The first-order valence-electron chi connectivity index (χ1n) is 29.1. The highest BCUT2D eigenvalue weighted by atomic mass is 16.8. The monoisotopic (exact) mass is 1080 g/mol. The maximum Gasteiger partial charge on any atom is 0.220 e. The summed E-state index contributed by atoms with van der Waals surface area (Å²) in [6.45, 7) is 1.64. The van der Waals surface area contributed by atoms with Crippen LogP contribution in [-0.4, -0.2) is 193 Å². The third kappa shape index (κ3) is 25.1. The molecule has 3 fully saturated rings. The second-order valence-corrected chi connectivity index (χ2v) is 21.1. The van der Waals surface area contributed by atoms with Crippen LogP contribution in [0.2, 0.25) is 0 Å². The molecule has 17 unspecified atom stereocenters.